The highest BCUT2D eigenvalue weighted by Gasteiger charge is 2.23. The van der Waals surface area contributed by atoms with Gasteiger partial charge in [0.15, 0.2) is 6.61 Å². The molecule has 1 aliphatic carbocycles. The first-order chi connectivity index (χ1) is 14.1. The molecule has 0 bridgehead atoms. The topological polar surface area (TPSA) is 140 Å². The highest BCUT2D eigenvalue weighted by atomic mass is 32.2. The zero-order valence-corrected chi connectivity index (χ0v) is 18.0. The molecule has 0 spiro atoms. The van der Waals surface area contributed by atoms with Crippen LogP contribution >= 0.6 is 0 Å². The van der Waals surface area contributed by atoms with Gasteiger partial charge in [-0.2, -0.15) is 0 Å². The number of amides is 3. The van der Waals surface area contributed by atoms with E-state index in [2.05, 4.69) is 15.4 Å². The minimum atomic E-state index is -3.93. The average Bonchev–Trinajstić information content (AvgIpc) is 3.17. The number of urea groups is 1. The molecule has 3 N–H and O–H groups in total. The third kappa shape index (κ3) is 6.70. The lowest BCUT2D eigenvalue weighted by Crippen LogP contribution is -2.45. The lowest BCUT2D eigenvalue weighted by atomic mass is 10.2. The van der Waals surface area contributed by atoms with Gasteiger partial charge in [0.2, 0.25) is 10.0 Å². The number of imide groups is 1. The van der Waals surface area contributed by atoms with Gasteiger partial charge in [-0.3, -0.25) is 10.1 Å². The monoisotopic (exact) mass is 441 g/mol. The van der Waals surface area contributed by atoms with Gasteiger partial charge in [-0.05, 0) is 44.9 Å². The van der Waals surface area contributed by atoms with Crippen molar-refractivity contribution in [2.24, 2.45) is 0 Å². The summed E-state index contributed by atoms with van der Waals surface area (Å²) in [6, 6.07) is 2.78. The van der Waals surface area contributed by atoms with Crippen LogP contribution < -0.4 is 20.1 Å². The van der Waals surface area contributed by atoms with Crippen molar-refractivity contribution >= 4 is 27.9 Å². The smallest absolute Gasteiger partial charge is 0.338 e. The van der Waals surface area contributed by atoms with Gasteiger partial charge < -0.3 is 14.8 Å². The Labute approximate surface area is 175 Å². The van der Waals surface area contributed by atoms with Crippen molar-refractivity contribution in [3.8, 4) is 5.75 Å². The van der Waals surface area contributed by atoms with Crippen LogP contribution in [0.5, 0.6) is 5.75 Å². The number of hydrogen-bond donors (Lipinski definition) is 3. The molecule has 1 aromatic rings. The second kappa shape index (κ2) is 10.4. The number of carbonyl (C=O) groups is 3. The van der Waals surface area contributed by atoms with Gasteiger partial charge in [0.1, 0.15) is 10.6 Å². The lowest BCUT2D eigenvalue weighted by Gasteiger charge is -2.14. The molecular formula is C19H27N3O7S. The maximum atomic E-state index is 12.5. The zero-order chi connectivity index (χ0) is 22.3. The predicted octanol–water partition coefficient (Wildman–Crippen LogP) is 1.31. The molecule has 1 saturated carbocycles. The number of hydrogen-bond acceptors (Lipinski definition) is 7. The molecule has 10 nitrogen and oxygen atoms in total. The van der Waals surface area contributed by atoms with E-state index in [4.69, 9.17) is 9.47 Å². The molecule has 0 radical (unpaired) electrons. The van der Waals surface area contributed by atoms with Crippen LogP contribution in [-0.4, -0.2) is 52.1 Å². The summed E-state index contributed by atoms with van der Waals surface area (Å²) in [4.78, 5) is 35.6. The molecule has 0 heterocycles. The summed E-state index contributed by atoms with van der Waals surface area (Å²) in [5.74, 6) is -1.65. The maximum absolute atomic E-state index is 12.5. The fraction of sp³-hybridized carbons (Fsp3) is 0.526. The van der Waals surface area contributed by atoms with E-state index >= 15 is 0 Å². The van der Waals surface area contributed by atoms with Crippen LogP contribution in [0.2, 0.25) is 0 Å². The van der Waals surface area contributed by atoms with Gasteiger partial charge >= 0.3 is 12.0 Å². The van der Waals surface area contributed by atoms with E-state index in [-0.39, 0.29) is 28.3 Å². The number of ether oxygens (including phenoxy) is 2. The molecule has 2 rings (SSSR count). The summed E-state index contributed by atoms with van der Waals surface area (Å²) in [7, 11) is -2.62. The van der Waals surface area contributed by atoms with Crippen LogP contribution in [0.3, 0.4) is 0 Å². The Morgan fingerprint density at radius 2 is 1.83 bits per heavy atom. The number of carbonyl (C=O) groups excluding carboxylic acids is 3. The normalized spacial score (nSPS) is 14.4. The summed E-state index contributed by atoms with van der Waals surface area (Å²) >= 11 is 0. The molecule has 0 aliphatic heterocycles. The van der Waals surface area contributed by atoms with Gasteiger partial charge in [-0.15, -0.1) is 0 Å². The predicted molar refractivity (Wildman–Crippen MR) is 108 cm³/mol. The number of methoxy groups -OCH3 is 1. The summed E-state index contributed by atoms with van der Waals surface area (Å²) in [6.45, 7) is 2.63. The van der Waals surface area contributed by atoms with Crippen LogP contribution in [0.15, 0.2) is 23.1 Å². The summed E-state index contributed by atoms with van der Waals surface area (Å²) in [5.41, 5.74) is -0.0804. The molecule has 11 heteroatoms. The van der Waals surface area contributed by atoms with Crippen LogP contribution in [0.4, 0.5) is 4.79 Å². The van der Waals surface area contributed by atoms with E-state index in [9.17, 15) is 22.8 Å². The quantitative estimate of drug-likeness (QED) is 0.517. The molecule has 0 unspecified atom stereocenters. The van der Waals surface area contributed by atoms with Crippen LogP contribution in [-0.2, 0) is 19.6 Å². The van der Waals surface area contributed by atoms with Crippen molar-refractivity contribution in [1.29, 1.82) is 0 Å². The molecular weight excluding hydrogens is 414 g/mol. The Morgan fingerprint density at radius 1 is 1.17 bits per heavy atom. The van der Waals surface area contributed by atoms with Crippen LogP contribution in [0.1, 0.15) is 49.9 Å². The molecule has 0 atom stereocenters. The molecule has 30 heavy (non-hydrogen) atoms. The molecule has 0 saturated heterocycles. The molecule has 1 aromatic carbocycles. The Bertz CT molecular complexity index is 893. The summed E-state index contributed by atoms with van der Waals surface area (Å²) in [6.07, 6.45) is 3.79. The van der Waals surface area contributed by atoms with Gasteiger partial charge in [0.05, 0.1) is 12.7 Å². The molecule has 1 aliphatic rings. The number of nitrogens with one attached hydrogen (secondary N) is 3. The second-order valence-electron chi connectivity index (χ2n) is 7.22. The van der Waals surface area contributed by atoms with E-state index in [1.54, 1.807) is 13.8 Å². The number of sulfonamides is 1. The first-order valence-corrected chi connectivity index (χ1v) is 11.1. The van der Waals surface area contributed by atoms with Crippen LogP contribution in [0.25, 0.3) is 0 Å². The molecule has 0 aromatic heterocycles. The van der Waals surface area contributed by atoms with Crippen molar-refractivity contribution in [1.82, 2.24) is 15.4 Å². The number of esters is 1. The van der Waals surface area contributed by atoms with Gasteiger partial charge in [-0.1, -0.05) is 12.8 Å². The van der Waals surface area contributed by atoms with E-state index < -0.39 is 34.5 Å². The third-order valence-electron chi connectivity index (χ3n) is 4.36. The minimum Gasteiger partial charge on any atom is -0.495 e. The molecule has 3 amide bonds. The number of rotatable bonds is 8. The fourth-order valence-corrected chi connectivity index (χ4v) is 4.50. The van der Waals surface area contributed by atoms with Crippen LogP contribution in [0, 0.1) is 0 Å². The maximum Gasteiger partial charge on any atom is 0.338 e. The largest absolute Gasteiger partial charge is 0.495 e. The zero-order valence-electron chi connectivity index (χ0n) is 17.2. The molecule has 1 fully saturated rings. The minimum absolute atomic E-state index is 0.0412. The number of benzene rings is 1. The highest BCUT2D eigenvalue weighted by molar-refractivity contribution is 7.89. The lowest BCUT2D eigenvalue weighted by molar-refractivity contribution is -0.123. The first kappa shape index (κ1) is 23.6. The Morgan fingerprint density at radius 3 is 2.43 bits per heavy atom. The van der Waals surface area contributed by atoms with Gasteiger partial charge in [0.25, 0.3) is 5.91 Å². The van der Waals surface area contributed by atoms with Crippen molar-refractivity contribution in [2.45, 2.75) is 56.5 Å². The summed E-state index contributed by atoms with van der Waals surface area (Å²) in [5, 5.41) is 4.78. The van der Waals surface area contributed by atoms with E-state index in [0.717, 1.165) is 31.7 Å². The van der Waals surface area contributed by atoms with E-state index in [1.807, 2.05) is 0 Å². The van der Waals surface area contributed by atoms with Gasteiger partial charge in [0, 0.05) is 12.1 Å². The van der Waals surface area contributed by atoms with Crippen molar-refractivity contribution in [3.63, 3.8) is 0 Å². The van der Waals surface area contributed by atoms with Crippen molar-refractivity contribution < 1.29 is 32.3 Å². The SMILES string of the molecule is COc1ccc(C(=O)OCC(=O)NC(=O)NC2CCCC2)cc1S(=O)(=O)NC(C)C. The van der Waals surface area contributed by atoms with Crippen molar-refractivity contribution in [3.05, 3.63) is 23.8 Å². The van der Waals surface area contributed by atoms with Crippen molar-refractivity contribution in [2.75, 3.05) is 13.7 Å². The standard InChI is InChI=1S/C19H27N3O7S/c1-12(2)22-30(26,27)16-10-13(8-9-15(16)28-3)18(24)29-11-17(23)21-19(25)20-14-6-4-5-7-14/h8-10,12,14,22H,4-7,11H2,1-3H3,(H2,20,21,23,25). The highest BCUT2D eigenvalue weighted by Crippen LogP contribution is 2.25. The fourth-order valence-electron chi connectivity index (χ4n) is 3.06. The Hall–Kier alpha value is -2.66. The Kier molecular flexibility index (Phi) is 8.18. The average molecular weight is 442 g/mol. The van der Waals surface area contributed by atoms with E-state index in [1.165, 1.54) is 19.2 Å². The molecule has 166 valence electrons. The summed E-state index contributed by atoms with van der Waals surface area (Å²) < 4.78 is 37.3. The first-order valence-electron chi connectivity index (χ1n) is 9.60. The third-order valence-corrected chi connectivity index (χ3v) is 6.04. The van der Waals surface area contributed by atoms with Gasteiger partial charge in [-0.25, -0.2) is 22.7 Å². The second-order valence-corrected chi connectivity index (χ2v) is 8.90. The van der Waals surface area contributed by atoms with E-state index in [0.29, 0.717) is 0 Å². The Balaban J connectivity index is 1.98.